The number of hydrogen-bond acceptors (Lipinski definition) is 4. The highest BCUT2D eigenvalue weighted by atomic mass is 16.1. The molecule has 1 heterocycles. The van der Waals surface area contributed by atoms with Crippen LogP contribution in [0.4, 0.5) is 11.4 Å². The number of aromatic nitrogens is 1. The number of nitrogens with one attached hydrogen (secondary N) is 1. The van der Waals surface area contributed by atoms with Crippen LogP contribution in [0.15, 0.2) is 18.5 Å². The molecule has 5 nitrogen and oxygen atoms in total. The number of amides is 1. The van der Waals surface area contributed by atoms with Crippen LogP contribution in [0.25, 0.3) is 0 Å². The summed E-state index contributed by atoms with van der Waals surface area (Å²) in [5, 5.41) is 2.73. The number of nitrogen functional groups attached to an aromatic ring is 1. The summed E-state index contributed by atoms with van der Waals surface area (Å²) in [6.45, 7) is 2.83. The number of hydrogen-bond donors (Lipinski definition) is 2. The maximum atomic E-state index is 11.3. The van der Waals surface area contributed by atoms with E-state index in [9.17, 15) is 4.79 Å². The summed E-state index contributed by atoms with van der Waals surface area (Å²) >= 11 is 0. The van der Waals surface area contributed by atoms with Gasteiger partial charge in [-0.25, -0.2) is 0 Å². The highest BCUT2D eigenvalue weighted by Gasteiger charge is 2.06. The van der Waals surface area contributed by atoms with Gasteiger partial charge in [0, 0.05) is 19.8 Å². The molecule has 0 aliphatic carbocycles. The Labute approximate surface area is 89.3 Å². The fourth-order valence-corrected chi connectivity index (χ4v) is 1.21. The van der Waals surface area contributed by atoms with E-state index >= 15 is 0 Å². The van der Waals surface area contributed by atoms with E-state index in [1.165, 1.54) is 0 Å². The molecule has 1 aromatic rings. The van der Waals surface area contributed by atoms with Crippen molar-refractivity contribution < 1.29 is 4.79 Å². The van der Waals surface area contributed by atoms with Crippen LogP contribution in [-0.4, -0.2) is 31.0 Å². The molecule has 5 heteroatoms. The normalized spacial score (nSPS) is 9.73. The molecule has 1 aromatic heterocycles. The van der Waals surface area contributed by atoms with Crippen molar-refractivity contribution >= 4 is 17.3 Å². The van der Waals surface area contributed by atoms with Gasteiger partial charge in [-0.3, -0.25) is 9.78 Å². The summed E-state index contributed by atoms with van der Waals surface area (Å²) in [7, 11) is 1.83. The van der Waals surface area contributed by atoms with E-state index in [4.69, 9.17) is 5.73 Å². The van der Waals surface area contributed by atoms with Crippen LogP contribution in [-0.2, 0) is 4.79 Å². The van der Waals surface area contributed by atoms with Crippen molar-refractivity contribution in [2.45, 2.75) is 6.92 Å². The zero-order valence-corrected chi connectivity index (χ0v) is 9.03. The van der Waals surface area contributed by atoms with Crippen LogP contribution >= 0.6 is 0 Å². The van der Waals surface area contributed by atoms with Crippen LogP contribution in [0.1, 0.15) is 6.92 Å². The maximum Gasteiger partial charge on any atom is 0.239 e. The Hall–Kier alpha value is -1.78. The minimum Gasteiger partial charge on any atom is -0.397 e. The van der Waals surface area contributed by atoms with E-state index in [2.05, 4.69) is 10.3 Å². The Balaban J connectivity index is 2.60. The van der Waals surface area contributed by atoms with Crippen molar-refractivity contribution in [3.63, 3.8) is 0 Å². The van der Waals surface area contributed by atoms with Crippen molar-refractivity contribution in [1.82, 2.24) is 10.3 Å². The SMILES string of the molecule is CCNC(=O)CN(C)c1cncc(N)c1. The highest BCUT2D eigenvalue weighted by Crippen LogP contribution is 2.13. The molecule has 0 radical (unpaired) electrons. The van der Waals surface area contributed by atoms with Gasteiger partial charge in [0.05, 0.1) is 24.1 Å². The second-order valence-electron chi connectivity index (χ2n) is 3.29. The van der Waals surface area contributed by atoms with Crippen LogP contribution in [0.3, 0.4) is 0 Å². The smallest absolute Gasteiger partial charge is 0.239 e. The summed E-state index contributed by atoms with van der Waals surface area (Å²) in [6.07, 6.45) is 3.25. The third-order valence-electron chi connectivity index (χ3n) is 1.94. The maximum absolute atomic E-state index is 11.3. The summed E-state index contributed by atoms with van der Waals surface area (Å²) in [6, 6.07) is 1.78. The van der Waals surface area contributed by atoms with Gasteiger partial charge in [-0.15, -0.1) is 0 Å². The topological polar surface area (TPSA) is 71.2 Å². The monoisotopic (exact) mass is 208 g/mol. The third kappa shape index (κ3) is 3.46. The quantitative estimate of drug-likeness (QED) is 0.743. The zero-order chi connectivity index (χ0) is 11.3. The average molecular weight is 208 g/mol. The lowest BCUT2D eigenvalue weighted by Gasteiger charge is -2.18. The van der Waals surface area contributed by atoms with E-state index in [0.717, 1.165) is 5.69 Å². The number of carbonyl (C=O) groups is 1. The number of anilines is 2. The standard InChI is InChI=1S/C10H16N4O/c1-3-13-10(15)7-14(2)9-4-8(11)5-12-6-9/h4-6H,3,7,11H2,1-2H3,(H,13,15). The Kier molecular flexibility index (Phi) is 3.91. The fourth-order valence-electron chi connectivity index (χ4n) is 1.21. The van der Waals surface area contributed by atoms with Crippen LogP contribution in [0, 0.1) is 0 Å². The van der Waals surface area contributed by atoms with Crippen molar-refractivity contribution in [3.8, 4) is 0 Å². The first-order chi connectivity index (χ1) is 7.13. The predicted molar refractivity (Wildman–Crippen MR) is 60.6 cm³/mol. The zero-order valence-electron chi connectivity index (χ0n) is 9.03. The predicted octanol–water partition coefficient (Wildman–Crippen LogP) is 0.236. The second kappa shape index (κ2) is 5.19. The fraction of sp³-hybridized carbons (Fsp3) is 0.400. The summed E-state index contributed by atoms with van der Waals surface area (Å²) in [5.41, 5.74) is 7.02. The summed E-state index contributed by atoms with van der Waals surface area (Å²) in [5.74, 6) is -0.0116. The number of likely N-dealkylation sites (N-methyl/N-ethyl adjacent to an activating group) is 2. The van der Waals surface area contributed by atoms with E-state index in [1.54, 1.807) is 23.4 Å². The highest BCUT2D eigenvalue weighted by molar-refractivity contribution is 5.81. The van der Waals surface area contributed by atoms with Gasteiger partial charge in [-0.1, -0.05) is 0 Å². The molecule has 15 heavy (non-hydrogen) atoms. The number of nitrogens with two attached hydrogens (primary N) is 1. The van der Waals surface area contributed by atoms with Gasteiger partial charge in [-0.2, -0.15) is 0 Å². The lowest BCUT2D eigenvalue weighted by atomic mass is 10.3. The van der Waals surface area contributed by atoms with Crippen molar-refractivity contribution in [1.29, 1.82) is 0 Å². The minimum absolute atomic E-state index is 0.0116. The first kappa shape index (κ1) is 11.3. The molecule has 1 amide bonds. The summed E-state index contributed by atoms with van der Waals surface area (Å²) < 4.78 is 0. The van der Waals surface area contributed by atoms with E-state index in [1.807, 2.05) is 14.0 Å². The van der Waals surface area contributed by atoms with Gasteiger partial charge in [0.15, 0.2) is 0 Å². The van der Waals surface area contributed by atoms with Crippen molar-refractivity contribution in [3.05, 3.63) is 18.5 Å². The Morgan fingerprint density at radius 2 is 2.33 bits per heavy atom. The van der Waals surface area contributed by atoms with Crippen LogP contribution in [0.5, 0.6) is 0 Å². The minimum atomic E-state index is -0.0116. The second-order valence-corrected chi connectivity index (χ2v) is 3.29. The molecule has 0 bridgehead atoms. The Morgan fingerprint density at radius 3 is 2.93 bits per heavy atom. The molecule has 0 unspecified atom stereocenters. The largest absolute Gasteiger partial charge is 0.397 e. The first-order valence-electron chi connectivity index (χ1n) is 4.82. The van der Waals surface area contributed by atoms with Crippen LogP contribution < -0.4 is 16.0 Å². The number of rotatable bonds is 4. The van der Waals surface area contributed by atoms with Gasteiger partial charge in [-0.05, 0) is 13.0 Å². The average Bonchev–Trinajstić information content (AvgIpc) is 2.18. The van der Waals surface area contributed by atoms with Gasteiger partial charge in [0.25, 0.3) is 0 Å². The molecule has 0 aromatic carbocycles. The molecule has 0 fully saturated rings. The summed E-state index contributed by atoms with van der Waals surface area (Å²) in [4.78, 5) is 17.1. The lowest BCUT2D eigenvalue weighted by Crippen LogP contribution is -2.35. The van der Waals surface area contributed by atoms with Gasteiger partial charge >= 0.3 is 0 Å². The van der Waals surface area contributed by atoms with E-state index in [0.29, 0.717) is 18.8 Å². The van der Waals surface area contributed by atoms with E-state index in [-0.39, 0.29) is 5.91 Å². The number of pyridine rings is 1. The van der Waals surface area contributed by atoms with Gasteiger partial charge in [0.2, 0.25) is 5.91 Å². The number of carbonyl (C=O) groups excluding carboxylic acids is 1. The third-order valence-corrected chi connectivity index (χ3v) is 1.94. The molecule has 82 valence electrons. The molecule has 0 saturated carbocycles. The molecular formula is C10H16N4O. The molecule has 0 spiro atoms. The molecule has 0 saturated heterocycles. The molecule has 0 aliphatic heterocycles. The van der Waals surface area contributed by atoms with Gasteiger partial charge in [0.1, 0.15) is 0 Å². The van der Waals surface area contributed by atoms with Gasteiger partial charge < -0.3 is 16.0 Å². The lowest BCUT2D eigenvalue weighted by molar-refractivity contribution is -0.119. The van der Waals surface area contributed by atoms with E-state index < -0.39 is 0 Å². The first-order valence-corrected chi connectivity index (χ1v) is 4.82. The van der Waals surface area contributed by atoms with Crippen molar-refractivity contribution in [2.24, 2.45) is 0 Å². The molecule has 1 rings (SSSR count). The van der Waals surface area contributed by atoms with Crippen molar-refractivity contribution in [2.75, 3.05) is 30.8 Å². The molecular weight excluding hydrogens is 192 g/mol. The molecule has 0 aliphatic rings. The molecule has 0 atom stereocenters. The molecule has 3 N–H and O–H groups in total. The number of nitrogens with zero attached hydrogens (tertiary/aromatic N) is 2. The van der Waals surface area contributed by atoms with Crippen LogP contribution in [0.2, 0.25) is 0 Å². The Bertz CT molecular complexity index is 340. The Morgan fingerprint density at radius 1 is 1.60 bits per heavy atom.